The highest BCUT2D eigenvalue weighted by Gasteiger charge is 2.35. The minimum absolute atomic E-state index is 0.219. The van der Waals surface area contributed by atoms with Crippen LogP contribution in [0.15, 0.2) is 0 Å². The summed E-state index contributed by atoms with van der Waals surface area (Å²) in [6, 6.07) is 0. The van der Waals surface area contributed by atoms with Crippen molar-refractivity contribution in [2.45, 2.75) is 32.7 Å². The van der Waals surface area contributed by atoms with Gasteiger partial charge >= 0.3 is 0 Å². The van der Waals surface area contributed by atoms with Crippen LogP contribution < -0.4 is 11.1 Å². The van der Waals surface area contributed by atoms with Gasteiger partial charge in [0.2, 0.25) is 5.91 Å². The Balaban J connectivity index is 4.32. The molecular weight excluding hydrogens is 180 g/mol. The van der Waals surface area contributed by atoms with E-state index in [-0.39, 0.29) is 11.8 Å². The zero-order valence-electron chi connectivity index (χ0n) is 9.59. The molecule has 0 rings (SSSR count). The number of hydrogen-bond acceptors (Lipinski definition) is 3. The second-order valence-electron chi connectivity index (χ2n) is 3.80. The molecule has 0 bridgehead atoms. The van der Waals surface area contributed by atoms with Gasteiger partial charge in [0.05, 0.1) is 12.1 Å². The minimum atomic E-state index is -0.632. The van der Waals surface area contributed by atoms with Gasteiger partial charge in [0.1, 0.15) is 0 Å². The maximum Gasteiger partial charge on any atom is 0.237 e. The van der Waals surface area contributed by atoms with Crippen LogP contribution in [-0.2, 0) is 9.53 Å². The molecule has 0 fully saturated rings. The number of methoxy groups -OCH3 is 1. The van der Waals surface area contributed by atoms with Crippen LogP contribution in [-0.4, -0.2) is 31.7 Å². The fraction of sp³-hybridized carbons (Fsp3) is 0.900. The van der Waals surface area contributed by atoms with Crippen molar-refractivity contribution < 1.29 is 9.53 Å². The van der Waals surface area contributed by atoms with E-state index in [9.17, 15) is 4.79 Å². The van der Waals surface area contributed by atoms with Gasteiger partial charge < -0.3 is 15.8 Å². The fourth-order valence-corrected chi connectivity index (χ4v) is 1.33. The molecule has 1 amide bonds. The van der Waals surface area contributed by atoms with E-state index in [2.05, 4.69) is 5.32 Å². The average Bonchev–Trinajstić information content (AvgIpc) is 2.16. The smallest absolute Gasteiger partial charge is 0.237 e. The second kappa shape index (κ2) is 5.98. The fourth-order valence-electron chi connectivity index (χ4n) is 1.33. The Morgan fingerprint density at radius 1 is 1.64 bits per heavy atom. The molecule has 0 heterocycles. The van der Waals surface area contributed by atoms with Gasteiger partial charge in [0.15, 0.2) is 0 Å². The Bertz CT molecular complexity index is 185. The number of nitrogens with two attached hydrogens (primary N) is 1. The highest BCUT2D eigenvalue weighted by atomic mass is 16.5. The second-order valence-corrected chi connectivity index (χ2v) is 3.80. The maximum absolute atomic E-state index is 11.3. The van der Waals surface area contributed by atoms with Gasteiger partial charge in [-0.3, -0.25) is 4.79 Å². The van der Waals surface area contributed by atoms with Crippen LogP contribution >= 0.6 is 0 Å². The van der Waals surface area contributed by atoms with E-state index < -0.39 is 5.54 Å². The molecule has 2 unspecified atom stereocenters. The summed E-state index contributed by atoms with van der Waals surface area (Å²) in [5.41, 5.74) is 4.76. The lowest BCUT2D eigenvalue weighted by Crippen LogP contribution is -2.58. The van der Waals surface area contributed by atoms with Gasteiger partial charge in [0.25, 0.3) is 0 Å². The average molecular weight is 202 g/mol. The van der Waals surface area contributed by atoms with Crippen molar-refractivity contribution in [2.75, 3.05) is 20.3 Å². The van der Waals surface area contributed by atoms with Crippen molar-refractivity contribution in [3.8, 4) is 0 Å². The summed E-state index contributed by atoms with van der Waals surface area (Å²) < 4.78 is 4.92. The summed E-state index contributed by atoms with van der Waals surface area (Å²) in [4.78, 5) is 11.3. The molecule has 0 aromatic carbocycles. The van der Waals surface area contributed by atoms with Crippen molar-refractivity contribution in [2.24, 2.45) is 11.7 Å². The lowest BCUT2D eigenvalue weighted by atomic mass is 9.84. The van der Waals surface area contributed by atoms with E-state index in [0.717, 1.165) is 6.42 Å². The normalized spacial score (nSPS) is 17.4. The molecule has 14 heavy (non-hydrogen) atoms. The monoisotopic (exact) mass is 202 g/mol. The summed E-state index contributed by atoms with van der Waals surface area (Å²) in [7, 11) is 1.63. The molecule has 0 spiro atoms. The van der Waals surface area contributed by atoms with Gasteiger partial charge in [-0.05, 0) is 12.8 Å². The Kier molecular flexibility index (Phi) is 5.72. The SMILES string of the molecule is CCC(C)C(C)(NCCOC)C(N)=O. The maximum atomic E-state index is 11.3. The first-order valence-electron chi connectivity index (χ1n) is 5.02. The molecule has 3 N–H and O–H groups in total. The quantitative estimate of drug-likeness (QED) is 0.591. The van der Waals surface area contributed by atoms with Gasteiger partial charge in [-0.15, -0.1) is 0 Å². The summed E-state index contributed by atoms with van der Waals surface area (Å²) in [6.07, 6.45) is 0.916. The lowest BCUT2D eigenvalue weighted by molar-refractivity contribution is -0.125. The molecule has 4 heteroatoms. The lowest BCUT2D eigenvalue weighted by Gasteiger charge is -2.33. The molecule has 2 atom stereocenters. The molecule has 0 aliphatic rings. The molecule has 0 aliphatic carbocycles. The van der Waals surface area contributed by atoms with Crippen molar-refractivity contribution >= 4 is 5.91 Å². The topological polar surface area (TPSA) is 64.3 Å². The van der Waals surface area contributed by atoms with Crippen LogP contribution in [0.4, 0.5) is 0 Å². The van der Waals surface area contributed by atoms with Crippen molar-refractivity contribution in [3.05, 3.63) is 0 Å². The van der Waals surface area contributed by atoms with Crippen LogP contribution in [0.25, 0.3) is 0 Å². The molecule has 84 valence electrons. The van der Waals surface area contributed by atoms with Gasteiger partial charge in [-0.1, -0.05) is 20.3 Å². The minimum Gasteiger partial charge on any atom is -0.383 e. The van der Waals surface area contributed by atoms with Crippen LogP contribution in [0.5, 0.6) is 0 Å². The number of primary amides is 1. The van der Waals surface area contributed by atoms with Crippen molar-refractivity contribution in [1.29, 1.82) is 0 Å². The third-order valence-electron chi connectivity index (χ3n) is 2.91. The van der Waals surface area contributed by atoms with Gasteiger partial charge in [0, 0.05) is 13.7 Å². The molecule has 0 saturated heterocycles. The highest BCUT2D eigenvalue weighted by molar-refractivity contribution is 5.84. The summed E-state index contributed by atoms with van der Waals surface area (Å²) in [5, 5.41) is 3.15. The van der Waals surface area contributed by atoms with Gasteiger partial charge in [-0.2, -0.15) is 0 Å². The number of ether oxygens (including phenoxy) is 1. The Morgan fingerprint density at radius 3 is 2.57 bits per heavy atom. The van der Waals surface area contributed by atoms with E-state index >= 15 is 0 Å². The van der Waals surface area contributed by atoms with E-state index in [1.807, 2.05) is 20.8 Å². The number of nitrogens with one attached hydrogen (secondary N) is 1. The van der Waals surface area contributed by atoms with Crippen LogP contribution in [0.3, 0.4) is 0 Å². The number of carbonyl (C=O) groups excluding carboxylic acids is 1. The first kappa shape index (κ1) is 13.4. The van der Waals surface area contributed by atoms with Crippen molar-refractivity contribution in [1.82, 2.24) is 5.32 Å². The van der Waals surface area contributed by atoms with E-state index in [1.165, 1.54) is 0 Å². The highest BCUT2D eigenvalue weighted by Crippen LogP contribution is 2.19. The molecule has 0 saturated carbocycles. The van der Waals surface area contributed by atoms with Crippen LogP contribution in [0.1, 0.15) is 27.2 Å². The van der Waals surface area contributed by atoms with Crippen LogP contribution in [0, 0.1) is 5.92 Å². The largest absolute Gasteiger partial charge is 0.383 e. The molecule has 0 radical (unpaired) electrons. The first-order valence-corrected chi connectivity index (χ1v) is 5.02. The third-order valence-corrected chi connectivity index (χ3v) is 2.91. The Hall–Kier alpha value is -0.610. The summed E-state index contributed by atoms with van der Waals surface area (Å²) in [6.45, 7) is 7.13. The number of rotatable bonds is 7. The molecule has 0 aromatic rings. The zero-order chi connectivity index (χ0) is 11.2. The Morgan fingerprint density at radius 2 is 2.21 bits per heavy atom. The molecule has 0 aromatic heterocycles. The molecule has 4 nitrogen and oxygen atoms in total. The van der Waals surface area contributed by atoms with E-state index in [4.69, 9.17) is 10.5 Å². The standard InChI is InChI=1S/C10H22N2O2/c1-5-8(2)10(3,9(11)13)12-6-7-14-4/h8,12H,5-7H2,1-4H3,(H2,11,13). The number of carbonyl (C=O) groups is 1. The Labute approximate surface area is 86.2 Å². The molecular formula is C10H22N2O2. The summed E-state index contributed by atoms with van der Waals surface area (Å²) >= 11 is 0. The predicted octanol–water partition coefficient (Wildman–Crippen LogP) is 0.513. The predicted molar refractivity (Wildman–Crippen MR) is 56.9 cm³/mol. The third kappa shape index (κ3) is 3.27. The van der Waals surface area contributed by atoms with Crippen molar-refractivity contribution in [3.63, 3.8) is 0 Å². The van der Waals surface area contributed by atoms with Gasteiger partial charge in [-0.25, -0.2) is 0 Å². The molecule has 0 aliphatic heterocycles. The van der Waals surface area contributed by atoms with E-state index in [1.54, 1.807) is 7.11 Å². The van der Waals surface area contributed by atoms with E-state index in [0.29, 0.717) is 13.2 Å². The zero-order valence-corrected chi connectivity index (χ0v) is 9.59. The summed E-state index contributed by atoms with van der Waals surface area (Å²) in [5.74, 6) is -0.0835. The first-order chi connectivity index (χ1) is 6.49. The number of hydrogen-bond donors (Lipinski definition) is 2. The van der Waals surface area contributed by atoms with Crippen LogP contribution in [0.2, 0.25) is 0 Å². The number of amides is 1.